The van der Waals surface area contributed by atoms with Gasteiger partial charge < -0.3 is 5.32 Å². The van der Waals surface area contributed by atoms with Crippen molar-refractivity contribution in [3.8, 4) is 0 Å². The van der Waals surface area contributed by atoms with Gasteiger partial charge in [-0.15, -0.1) is 0 Å². The van der Waals surface area contributed by atoms with Crippen molar-refractivity contribution in [2.75, 3.05) is 6.54 Å². The third-order valence-electron chi connectivity index (χ3n) is 4.71. The molecule has 5 nitrogen and oxygen atoms in total. The Balaban J connectivity index is 5.36. The molecule has 0 spiro atoms. The highest BCUT2D eigenvalue weighted by molar-refractivity contribution is 7.90. The van der Waals surface area contributed by atoms with Gasteiger partial charge in [0.2, 0.25) is 10.0 Å². The van der Waals surface area contributed by atoms with Gasteiger partial charge in [-0.3, -0.25) is 4.79 Å². The van der Waals surface area contributed by atoms with Crippen molar-refractivity contribution in [1.29, 1.82) is 0 Å². The first-order chi connectivity index (χ1) is 15.9. The maximum absolute atomic E-state index is 12.8. The first kappa shape index (κ1) is 31.3. The maximum atomic E-state index is 12.8. The molecule has 0 aromatic heterocycles. The second-order valence-electron chi connectivity index (χ2n) is 8.67. The smallest absolute Gasteiger partial charge is 0.255 e. The molecule has 0 unspecified atom stereocenters. The number of allylic oxidation sites excluding steroid dienone is 10. The van der Waals surface area contributed by atoms with Gasteiger partial charge in [-0.25, -0.2) is 13.1 Å². The van der Waals surface area contributed by atoms with Gasteiger partial charge >= 0.3 is 0 Å². The van der Waals surface area contributed by atoms with Crippen molar-refractivity contribution >= 4 is 15.9 Å². The molecule has 0 aliphatic rings. The highest BCUT2D eigenvalue weighted by Crippen LogP contribution is 2.13. The predicted octanol–water partition coefficient (Wildman–Crippen LogP) is 6.20. The summed E-state index contributed by atoms with van der Waals surface area (Å²) in [4.78, 5) is 12.8. The first-order valence-corrected chi connectivity index (χ1v) is 13.0. The van der Waals surface area contributed by atoms with Crippen LogP contribution in [0.4, 0.5) is 0 Å². The Bertz CT molecular complexity index is 983. The average molecular weight is 487 g/mol. The van der Waals surface area contributed by atoms with E-state index in [1.165, 1.54) is 5.57 Å². The Hall–Kier alpha value is -2.70. The van der Waals surface area contributed by atoms with E-state index < -0.39 is 14.8 Å². The number of nitrogens with one attached hydrogen (secondary N) is 2. The SMILES string of the molecule is C=C/C=C(\C=C(\C)CC)C/C=C\C(=C/C=C)NC(=O)C(/C=C\CNS(=O)(=O)C(C)(C)C)=C/CC. The second-order valence-corrected chi connectivity index (χ2v) is 11.2. The molecule has 34 heavy (non-hydrogen) atoms. The Kier molecular flexibility index (Phi) is 14.7. The molecule has 0 aliphatic carbocycles. The zero-order chi connectivity index (χ0) is 26.2. The molecule has 1 amide bonds. The van der Waals surface area contributed by atoms with Gasteiger partial charge in [-0.1, -0.05) is 81.2 Å². The fourth-order valence-electron chi connectivity index (χ4n) is 2.55. The van der Waals surface area contributed by atoms with Gasteiger partial charge in [0.1, 0.15) is 0 Å². The number of hydrogen-bond acceptors (Lipinski definition) is 3. The molecule has 2 N–H and O–H groups in total. The summed E-state index contributed by atoms with van der Waals surface area (Å²) in [6.07, 6.45) is 20.4. The Morgan fingerprint density at radius 3 is 2.18 bits per heavy atom. The number of sulfonamides is 1. The quantitative estimate of drug-likeness (QED) is 0.227. The van der Waals surface area contributed by atoms with Crippen LogP contribution in [0, 0.1) is 0 Å². The Morgan fingerprint density at radius 2 is 1.65 bits per heavy atom. The van der Waals surface area contributed by atoms with Crippen LogP contribution < -0.4 is 10.0 Å². The third kappa shape index (κ3) is 12.5. The van der Waals surface area contributed by atoms with Gasteiger partial charge in [0.15, 0.2) is 0 Å². The highest BCUT2D eigenvalue weighted by Gasteiger charge is 2.27. The maximum Gasteiger partial charge on any atom is 0.255 e. The lowest BCUT2D eigenvalue weighted by molar-refractivity contribution is -0.116. The molecule has 0 radical (unpaired) electrons. The van der Waals surface area contributed by atoms with E-state index in [2.05, 4.69) is 43.1 Å². The second kappa shape index (κ2) is 16.0. The van der Waals surface area contributed by atoms with E-state index in [-0.39, 0.29) is 12.5 Å². The molecule has 188 valence electrons. The van der Waals surface area contributed by atoms with E-state index in [0.29, 0.717) is 24.1 Å². The molecule has 0 saturated carbocycles. The number of carbonyl (C=O) groups is 1. The minimum atomic E-state index is -3.45. The zero-order valence-electron chi connectivity index (χ0n) is 21.6. The predicted molar refractivity (Wildman–Crippen MR) is 147 cm³/mol. The average Bonchev–Trinajstić information content (AvgIpc) is 2.75. The van der Waals surface area contributed by atoms with E-state index in [9.17, 15) is 13.2 Å². The molecule has 0 atom stereocenters. The molecule has 6 heteroatoms. The van der Waals surface area contributed by atoms with Crippen molar-refractivity contribution in [1.82, 2.24) is 10.0 Å². The van der Waals surface area contributed by atoms with Crippen LogP contribution in [-0.2, 0) is 14.8 Å². The van der Waals surface area contributed by atoms with E-state index in [0.717, 1.165) is 12.0 Å². The Labute approximate surface area is 207 Å². The molecule has 0 aromatic carbocycles. The van der Waals surface area contributed by atoms with E-state index in [4.69, 9.17) is 0 Å². The molecule has 0 rings (SSSR count). The zero-order valence-corrected chi connectivity index (χ0v) is 22.5. The summed E-state index contributed by atoms with van der Waals surface area (Å²) in [7, 11) is -3.45. The molecule has 0 aromatic rings. The minimum absolute atomic E-state index is 0.103. The summed E-state index contributed by atoms with van der Waals surface area (Å²) >= 11 is 0. The van der Waals surface area contributed by atoms with Crippen molar-refractivity contribution in [2.24, 2.45) is 0 Å². The molecule has 0 aliphatic heterocycles. The molecule has 0 fully saturated rings. The third-order valence-corrected chi connectivity index (χ3v) is 6.87. The number of amides is 1. The van der Waals surface area contributed by atoms with Crippen LogP contribution in [0.15, 0.2) is 96.3 Å². The fraction of sp³-hybridized carbons (Fsp3) is 0.393. The summed E-state index contributed by atoms with van der Waals surface area (Å²) in [5.41, 5.74) is 3.47. The van der Waals surface area contributed by atoms with E-state index in [1.54, 1.807) is 57.2 Å². The van der Waals surface area contributed by atoms with Gasteiger partial charge in [-0.2, -0.15) is 0 Å². The molecule has 0 bridgehead atoms. The minimum Gasteiger partial charge on any atom is -0.322 e. The summed E-state index contributed by atoms with van der Waals surface area (Å²) in [6.45, 7) is 18.6. The monoisotopic (exact) mass is 486 g/mol. The van der Waals surface area contributed by atoms with Crippen LogP contribution in [0.5, 0.6) is 0 Å². The largest absolute Gasteiger partial charge is 0.322 e. The summed E-state index contributed by atoms with van der Waals surface area (Å²) in [6, 6.07) is 0. The number of rotatable bonds is 14. The normalized spacial score (nSPS) is 14.6. The number of hydrogen-bond donors (Lipinski definition) is 2. The van der Waals surface area contributed by atoms with Crippen LogP contribution in [0.3, 0.4) is 0 Å². The van der Waals surface area contributed by atoms with Crippen LogP contribution in [0.1, 0.15) is 60.8 Å². The van der Waals surface area contributed by atoms with Crippen molar-refractivity contribution in [3.63, 3.8) is 0 Å². The summed E-state index contributed by atoms with van der Waals surface area (Å²) in [5, 5.41) is 2.89. The lowest BCUT2D eigenvalue weighted by atomic mass is 10.1. The lowest BCUT2D eigenvalue weighted by Crippen LogP contribution is -2.39. The van der Waals surface area contributed by atoms with Crippen LogP contribution in [0.25, 0.3) is 0 Å². The standard InChI is InChI=1S/C28H42N2O3S/c1-9-15-24(22-23(5)12-4)18-13-20-26(17-11-3)30-27(31)25(16-10-2)19-14-21-29-34(32,33)28(6,7)8/h9,11,13-17,19-20,22,29H,1,3,10,12,18,21H2,2,4-8H3,(H,30,31)/b19-14-,20-13-,23-22-,24-15-,25-16+,26-17+. The summed E-state index contributed by atoms with van der Waals surface area (Å²) < 4.78 is 26.0. The van der Waals surface area contributed by atoms with Crippen molar-refractivity contribution in [3.05, 3.63) is 96.3 Å². The molecular weight excluding hydrogens is 444 g/mol. The number of carbonyl (C=O) groups excluding carboxylic acids is 1. The van der Waals surface area contributed by atoms with Crippen LogP contribution in [0.2, 0.25) is 0 Å². The fourth-order valence-corrected chi connectivity index (χ4v) is 3.30. The van der Waals surface area contributed by atoms with Crippen molar-refractivity contribution < 1.29 is 13.2 Å². The summed E-state index contributed by atoms with van der Waals surface area (Å²) in [5.74, 6) is -0.280. The molecule has 0 saturated heterocycles. The Morgan fingerprint density at radius 1 is 1.00 bits per heavy atom. The lowest BCUT2D eigenvalue weighted by Gasteiger charge is -2.18. The van der Waals surface area contributed by atoms with E-state index in [1.807, 2.05) is 25.2 Å². The first-order valence-electron chi connectivity index (χ1n) is 11.6. The van der Waals surface area contributed by atoms with Gasteiger partial charge in [-0.05, 0) is 64.7 Å². The topological polar surface area (TPSA) is 75.3 Å². The molecule has 0 heterocycles. The van der Waals surface area contributed by atoms with E-state index >= 15 is 0 Å². The van der Waals surface area contributed by atoms with Gasteiger partial charge in [0, 0.05) is 17.8 Å². The van der Waals surface area contributed by atoms with Gasteiger partial charge in [0.25, 0.3) is 5.91 Å². The highest BCUT2D eigenvalue weighted by atomic mass is 32.2. The molecular formula is C28H42N2O3S. The van der Waals surface area contributed by atoms with Gasteiger partial charge in [0.05, 0.1) is 4.75 Å². The van der Waals surface area contributed by atoms with Crippen LogP contribution >= 0.6 is 0 Å². The van der Waals surface area contributed by atoms with Crippen LogP contribution in [-0.4, -0.2) is 25.6 Å². The van der Waals surface area contributed by atoms with Crippen molar-refractivity contribution in [2.45, 2.75) is 65.6 Å².